The van der Waals surface area contributed by atoms with Gasteiger partial charge in [0.15, 0.2) is 0 Å². The molecule has 2 unspecified atom stereocenters. The molecule has 1 aromatic heterocycles. The van der Waals surface area contributed by atoms with Crippen molar-refractivity contribution in [1.29, 1.82) is 0 Å². The van der Waals surface area contributed by atoms with Crippen LogP contribution in [0.3, 0.4) is 0 Å². The molecule has 2 amide bonds. The second-order valence-corrected chi connectivity index (χ2v) is 8.01. The monoisotopic (exact) mass is 462 g/mol. The summed E-state index contributed by atoms with van der Waals surface area (Å²) < 4.78 is 5.45. The average molecular weight is 463 g/mol. The Hall–Kier alpha value is -2.52. The summed E-state index contributed by atoms with van der Waals surface area (Å²) >= 11 is 11.9. The predicted molar refractivity (Wildman–Crippen MR) is 120 cm³/mol. The molecule has 31 heavy (non-hydrogen) atoms. The fraction of sp³-hybridized carbons (Fsp3) is 0.238. The van der Waals surface area contributed by atoms with Crippen LogP contribution in [0.15, 0.2) is 53.1 Å². The Bertz CT molecular complexity index is 1090. The van der Waals surface area contributed by atoms with Gasteiger partial charge in [0.05, 0.1) is 12.2 Å². The molecule has 0 radical (unpaired) electrons. The van der Waals surface area contributed by atoms with Crippen molar-refractivity contribution in [2.45, 2.75) is 25.8 Å². The van der Waals surface area contributed by atoms with Gasteiger partial charge in [0, 0.05) is 22.0 Å². The van der Waals surface area contributed by atoms with Gasteiger partial charge in [-0.05, 0) is 42.7 Å². The zero-order chi connectivity index (χ0) is 22.5. The molecule has 1 heterocycles. The molecule has 0 aliphatic heterocycles. The zero-order valence-electron chi connectivity index (χ0n) is 16.6. The summed E-state index contributed by atoms with van der Waals surface area (Å²) in [7, 11) is -1.82. The lowest BCUT2D eigenvalue weighted by molar-refractivity contribution is -0.134. The molecule has 3 aromatic rings. The highest BCUT2D eigenvalue weighted by molar-refractivity contribution is 6.43. The van der Waals surface area contributed by atoms with Crippen LogP contribution in [0.2, 0.25) is 10.0 Å². The Kier molecular flexibility index (Phi) is 7.62. The summed E-state index contributed by atoms with van der Waals surface area (Å²) in [5.41, 5.74) is 2.02. The van der Waals surface area contributed by atoms with Crippen LogP contribution in [0.25, 0.3) is 11.0 Å². The maximum Gasteiger partial charge on any atom is 0.475 e. The van der Waals surface area contributed by atoms with Gasteiger partial charge in [-0.2, -0.15) is 0 Å². The highest BCUT2D eigenvalue weighted by Gasteiger charge is 2.30. The number of hydrogen-bond acceptors (Lipinski definition) is 5. The third-order valence-electron chi connectivity index (χ3n) is 4.94. The molecule has 0 spiro atoms. The lowest BCUT2D eigenvalue weighted by Crippen LogP contribution is -2.51. The maximum atomic E-state index is 12.6. The molecule has 162 valence electrons. The van der Waals surface area contributed by atoms with E-state index < -0.39 is 30.8 Å². The maximum absolute atomic E-state index is 12.6. The highest BCUT2D eigenvalue weighted by Crippen LogP contribution is 2.22. The van der Waals surface area contributed by atoms with Crippen molar-refractivity contribution in [2.75, 3.05) is 0 Å². The summed E-state index contributed by atoms with van der Waals surface area (Å²) in [6, 6.07) is 12.2. The van der Waals surface area contributed by atoms with Gasteiger partial charge < -0.3 is 25.1 Å². The molecular formula is C21H21BCl2N2O5. The minimum Gasteiger partial charge on any atom is -0.464 e. The molecule has 0 saturated carbocycles. The molecule has 0 saturated heterocycles. The van der Waals surface area contributed by atoms with Gasteiger partial charge in [-0.3, -0.25) is 9.59 Å². The van der Waals surface area contributed by atoms with Gasteiger partial charge >= 0.3 is 7.12 Å². The number of hydrogen-bond donors (Lipinski definition) is 4. The Morgan fingerprint density at radius 1 is 1.10 bits per heavy atom. The Morgan fingerprint density at radius 2 is 1.84 bits per heavy atom. The lowest BCUT2D eigenvalue weighted by atomic mass is 9.75. The van der Waals surface area contributed by atoms with Crippen molar-refractivity contribution >= 4 is 53.1 Å². The summed E-state index contributed by atoms with van der Waals surface area (Å²) in [5.74, 6) is -3.24. The van der Waals surface area contributed by atoms with E-state index in [9.17, 15) is 19.6 Å². The predicted octanol–water partition coefficient (Wildman–Crippen LogP) is 2.73. The first-order valence-electron chi connectivity index (χ1n) is 9.59. The van der Waals surface area contributed by atoms with Crippen molar-refractivity contribution in [3.63, 3.8) is 0 Å². The van der Waals surface area contributed by atoms with Gasteiger partial charge in [-0.1, -0.05) is 47.5 Å². The molecule has 0 bridgehead atoms. The van der Waals surface area contributed by atoms with Crippen LogP contribution >= 0.6 is 23.2 Å². The van der Waals surface area contributed by atoms with Crippen molar-refractivity contribution in [1.82, 2.24) is 10.6 Å². The Morgan fingerprint density at radius 3 is 2.55 bits per heavy atom. The molecule has 7 nitrogen and oxygen atoms in total. The number of carbonyl (C=O) groups is 2. The van der Waals surface area contributed by atoms with Gasteiger partial charge in [0.1, 0.15) is 11.5 Å². The van der Waals surface area contributed by atoms with E-state index >= 15 is 0 Å². The summed E-state index contributed by atoms with van der Waals surface area (Å²) in [4.78, 5) is 25.0. The van der Waals surface area contributed by atoms with E-state index in [4.69, 9.17) is 27.6 Å². The van der Waals surface area contributed by atoms with Crippen LogP contribution in [0, 0.1) is 5.92 Å². The van der Waals surface area contributed by atoms with E-state index in [-0.39, 0.29) is 13.0 Å². The minimum atomic E-state index is -1.82. The number of amides is 2. The van der Waals surface area contributed by atoms with E-state index in [1.807, 2.05) is 18.2 Å². The SMILES string of the molecule is CC(C(=O)NCc1ccc(Cl)cc1Cl)C(=O)NC(Cc1coc2ccccc12)B(O)O. The minimum absolute atomic E-state index is 0.120. The highest BCUT2D eigenvalue weighted by atomic mass is 35.5. The normalized spacial score (nSPS) is 12.9. The molecule has 0 aliphatic rings. The molecule has 2 aromatic carbocycles. The Labute approximate surface area is 189 Å². The van der Waals surface area contributed by atoms with Crippen LogP contribution < -0.4 is 10.6 Å². The van der Waals surface area contributed by atoms with Crippen LogP contribution in [0.5, 0.6) is 0 Å². The second kappa shape index (κ2) is 10.2. The van der Waals surface area contributed by atoms with Gasteiger partial charge in [-0.15, -0.1) is 0 Å². The number of rotatable bonds is 8. The Balaban J connectivity index is 1.61. The number of halogens is 2. The molecule has 2 atom stereocenters. The number of benzene rings is 2. The number of furan rings is 1. The fourth-order valence-electron chi connectivity index (χ4n) is 3.09. The first-order chi connectivity index (χ1) is 14.8. The van der Waals surface area contributed by atoms with Gasteiger partial charge in [0.25, 0.3) is 0 Å². The van der Waals surface area contributed by atoms with Crippen LogP contribution in [-0.2, 0) is 22.6 Å². The quantitative estimate of drug-likeness (QED) is 0.303. The van der Waals surface area contributed by atoms with E-state index in [1.54, 1.807) is 24.3 Å². The van der Waals surface area contributed by atoms with Crippen molar-refractivity contribution in [2.24, 2.45) is 5.92 Å². The first-order valence-corrected chi connectivity index (χ1v) is 10.3. The van der Waals surface area contributed by atoms with Crippen molar-refractivity contribution in [3.05, 3.63) is 69.9 Å². The fourth-order valence-corrected chi connectivity index (χ4v) is 3.56. The van der Waals surface area contributed by atoms with E-state index in [0.717, 1.165) is 5.39 Å². The van der Waals surface area contributed by atoms with Gasteiger partial charge in [0.2, 0.25) is 11.8 Å². The van der Waals surface area contributed by atoms with Crippen LogP contribution in [0.1, 0.15) is 18.1 Å². The standard InChI is InChI=1S/C21H21BCl2N2O5/c1-12(20(27)25-10-13-6-7-15(23)9-17(13)24)21(28)26-19(22(29)30)8-14-11-31-18-5-3-2-4-16(14)18/h2-7,9,11-12,19,29-30H,8,10H2,1H3,(H,25,27)(H,26,28). The lowest BCUT2D eigenvalue weighted by Gasteiger charge is -2.20. The number of fused-ring (bicyclic) bond motifs is 1. The molecule has 10 heteroatoms. The molecule has 4 N–H and O–H groups in total. The molecule has 0 fully saturated rings. The van der Waals surface area contributed by atoms with Gasteiger partial charge in [-0.25, -0.2) is 0 Å². The summed E-state index contributed by atoms with van der Waals surface area (Å²) in [6.45, 7) is 1.56. The summed E-state index contributed by atoms with van der Waals surface area (Å²) in [6.07, 6.45) is 1.63. The largest absolute Gasteiger partial charge is 0.475 e. The third-order valence-corrected chi connectivity index (χ3v) is 5.53. The third kappa shape index (κ3) is 5.80. The average Bonchev–Trinajstić information content (AvgIpc) is 3.14. The number of para-hydroxylation sites is 1. The zero-order valence-corrected chi connectivity index (χ0v) is 18.2. The van der Waals surface area contributed by atoms with E-state index in [1.165, 1.54) is 13.2 Å². The topological polar surface area (TPSA) is 112 Å². The van der Waals surface area contributed by atoms with Crippen LogP contribution in [0.4, 0.5) is 0 Å². The summed E-state index contributed by atoms with van der Waals surface area (Å²) in [5, 5.41) is 26.4. The first kappa shape index (κ1) is 23.2. The van der Waals surface area contributed by atoms with Crippen LogP contribution in [-0.4, -0.2) is 34.9 Å². The van der Waals surface area contributed by atoms with Crippen molar-refractivity contribution < 1.29 is 24.1 Å². The molecule has 3 rings (SSSR count). The van der Waals surface area contributed by atoms with Crippen molar-refractivity contribution in [3.8, 4) is 0 Å². The molecule has 0 aliphatic carbocycles. The number of nitrogens with one attached hydrogen (secondary N) is 2. The molecular weight excluding hydrogens is 442 g/mol. The van der Waals surface area contributed by atoms with E-state index in [0.29, 0.717) is 26.8 Å². The number of carbonyl (C=O) groups excluding carboxylic acids is 2. The second-order valence-electron chi connectivity index (χ2n) is 7.17. The smallest absolute Gasteiger partial charge is 0.464 e. The van der Waals surface area contributed by atoms with E-state index in [2.05, 4.69) is 10.6 Å².